The van der Waals surface area contributed by atoms with Crippen molar-refractivity contribution in [2.24, 2.45) is 5.92 Å². The minimum atomic E-state index is -3.82. The number of H-pyrrole nitrogens is 1. The first kappa shape index (κ1) is 14.1. The minimum absolute atomic E-state index is 0.0610. The molecule has 1 heterocycles. The minimum Gasteiger partial charge on any atom is -0.480 e. The van der Waals surface area contributed by atoms with Gasteiger partial charge in [-0.1, -0.05) is 19.8 Å². The van der Waals surface area contributed by atoms with Crippen molar-refractivity contribution in [1.29, 1.82) is 0 Å². The highest BCUT2D eigenvalue weighted by atomic mass is 32.2. The maximum atomic E-state index is 12.2. The number of carboxylic acid groups (broad SMARTS) is 1. The summed E-state index contributed by atoms with van der Waals surface area (Å²) >= 11 is 0. The molecule has 0 spiro atoms. The number of sulfonamides is 1. The number of aliphatic carboxylic acids is 1. The number of hydrogen-bond acceptors (Lipinski definition) is 3. The first-order valence-electron chi connectivity index (χ1n) is 6.29. The highest BCUT2D eigenvalue weighted by molar-refractivity contribution is 7.89. The molecule has 2 rings (SSSR count). The van der Waals surface area contributed by atoms with E-state index in [4.69, 9.17) is 0 Å². The Morgan fingerprint density at radius 1 is 1.53 bits per heavy atom. The highest BCUT2D eigenvalue weighted by Crippen LogP contribution is 2.35. The van der Waals surface area contributed by atoms with E-state index < -0.39 is 21.5 Å². The molecule has 0 aromatic carbocycles. The third kappa shape index (κ3) is 2.52. The third-order valence-electron chi connectivity index (χ3n) is 3.88. The molecule has 0 saturated heterocycles. The number of aromatic amines is 1. The van der Waals surface area contributed by atoms with Crippen LogP contribution in [0.2, 0.25) is 0 Å². The number of nitrogens with one attached hydrogen (secondary N) is 2. The molecule has 0 aliphatic heterocycles. The highest BCUT2D eigenvalue weighted by Gasteiger charge is 2.48. The molecule has 0 amide bonds. The van der Waals surface area contributed by atoms with Gasteiger partial charge in [0.25, 0.3) is 0 Å². The third-order valence-corrected chi connectivity index (χ3v) is 5.38. The van der Waals surface area contributed by atoms with Crippen LogP contribution in [0.3, 0.4) is 0 Å². The van der Waals surface area contributed by atoms with Crippen molar-refractivity contribution >= 4 is 16.0 Å². The van der Waals surface area contributed by atoms with E-state index in [1.165, 1.54) is 18.5 Å². The van der Waals surface area contributed by atoms with Gasteiger partial charge in [0.2, 0.25) is 10.0 Å². The molecule has 1 fully saturated rings. The molecular weight excluding hydrogens is 268 g/mol. The summed E-state index contributed by atoms with van der Waals surface area (Å²) in [6.45, 7) is 1.78. The molecule has 19 heavy (non-hydrogen) atoms. The SMILES string of the molecule is CC1CCCCC1(NS(=O)(=O)c1cc[nH]c1)C(=O)O. The zero-order chi connectivity index (χ0) is 14.1. The summed E-state index contributed by atoms with van der Waals surface area (Å²) in [5.74, 6) is -1.33. The first-order chi connectivity index (χ1) is 8.88. The van der Waals surface area contributed by atoms with E-state index >= 15 is 0 Å². The fourth-order valence-corrected chi connectivity index (χ4v) is 4.09. The normalized spacial score (nSPS) is 28.2. The van der Waals surface area contributed by atoms with Gasteiger partial charge >= 0.3 is 5.97 Å². The fourth-order valence-electron chi connectivity index (χ4n) is 2.63. The van der Waals surface area contributed by atoms with Crippen LogP contribution in [0.25, 0.3) is 0 Å². The lowest BCUT2D eigenvalue weighted by Gasteiger charge is -2.39. The van der Waals surface area contributed by atoms with E-state index in [0.717, 1.165) is 6.42 Å². The standard InChI is InChI=1S/C12H18N2O4S/c1-9-4-2-3-6-12(9,11(15)16)14-19(17,18)10-5-7-13-8-10/h5,7-9,13-14H,2-4,6H2,1H3,(H,15,16). The first-order valence-corrected chi connectivity index (χ1v) is 7.77. The van der Waals surface area contributed by atoms with Crippen molar-refractivity contribution in [2.45, 2.75) is 43.0 Å². The molecule has 2 atom stereocenters. The lowest BCUT2D eigenvalue weighted by molar-refractivity contribution is -0.147. The van der Waals surface area contributed by atoms with Crippen LogP contribution in [0, 0.1) is 5.92 Å². The van der Waals surface area contributed by atoms with Crippen molar-refractivity contribution in [3.8, 4) is 0 Å². The van der Waals surface area contributed by atoms with Gasteiger partial charge < -0.3 is 10.1 Å². The zero-order valence-electron chi connectivity index (χ0n) is 10.7. The fraction of sp³-hybridized carbons (Fsp3) is 0.583. The Bertz CT molecular complexity index is 552. The summed E-state index contributed by atoms with van der Waals surface area (Å²) in [7, 11) is -3.82. The number of hydrogen-bond donors (Lipinski definition) is 3. The second-order valence-electron chi connectivity index (χ2n) is 5.08. The van der Waals surface area contributed by atoms with E-state index in [1.807, 2.05) is 0 Å². The van der Waals surface area contributed by atoms with Crippen molar-refractivity contribution in [2.75, 3.05) is 0 Å². The largest absolute Gasteiger partial charge is 0.480 e. The van der Waals surface area contributed by atoms with Gasteiger partial charge in [0, 0.05) is 12.4 Å². The van der Waals surface area contributed by atoms with Gasteiger partial charge in [-0.25, -0.2) is 8.42 Å². The van der Waals surface area contributed by atoms with Gasteiger partial charge in [-0.2, -0.15) is 4.72 Å². The molecule has 1 aliphatic carbocycles. The predicted molar refractivity (Wildman–Crippen MR) is 69.1 cm³/mol. The van der Waals surface area contributed by atoms with E-state index in [-0.39, 0.29) is 10.8 Å². The van der Waals surface area contributed by atoms with Gasteiger partial charge in [-0.3, -0.25) is 4.79 Å². The maximum absolute atomic E-state index is 12.2. The van der Waals surface area contributed by atoms with Crippen LogP contribution in [0.1, 0.15) is 32.6 Å². The topological polar surface area (TPSA) is 99.3 Å². The van der Waals surface area contributed by atoms with Gasteiger partial charge in [0.05, 0.1) is 4.90 Å². The molecule has 0 radical (unpaired) electrons. The monoisotopic (exact) mass is 286 g/mol. The summed E-state index contributed by atoms with van der Waals surface area (Å²) in [6.07, 6.45) is 5.52. The maximum Gasteiger partial charge on any atom is 0.325 e. The molecule has 0 bridgehead atoms. The molecule has 2 unspecified atom stereocenters. The van der Waals surface area contributed by atoms with Crippen molar-refractivity contribution in [3.05, 3.63) is 18.5 Å². The number of rotatable bonds is 4. The number of carboxylic acids is 1. The summed E-state index contributed by atoms with van der Waals surface area (Å²) in [5, 5.41) is 9.49. The van der Waals surface area contributed by atoms with Crippen molar-refractivity contribution < 1.29 is 18.3 Å². The van der Waals surface area contributed by atoms with Gasteiger partial charge in [-0.05, 0) is 24.8 Å². The van der Waals surface area contributed by atoms with Crippen LogP contribution in [0.5, 0.6) is 0 Å². The van der Waals surface area contributed by atoms with Gasteiger partial charge in [0.1, 0.15) is 5.54 Å². The lowest BCUT2D eigenvalue weighted by atomic mass is 9.74. The Balaban J connectivity index is 2.34. The predicted octanol–water partition coefficient (Wildman–Crippen LogP) is 1.33. The smallest absolute Gasteiger partial charge is 0.325 e. The second kappa shape index (κ2) is 4.97. The van der Waals surface area contributed by atoms with E-state index in [2.05, 4.69) is 9.71 Å². The summed E-state index contributed by atoms with van der Waals surface area (Å²) in [5.41, 5.74) is -1.39. The molecule has 1 aromatic rings. The van der Waals surface area contributed by atoms with Gasteiger partial charge in [-0.15, -0.1) is 0 Å². The molecule has 1 aliphatic rings. The molecule has 1 saturated carbocycles. The average molecular weight is 286 g/mol. The van der Waals surface area contributed by atoms with Crippen LogP contribution in [-0.2, 0) is 14.8 Å². The molecule has 1 aromatic heterocycles. The van der Waals surface area contributed by atoms with E-state index in [9.17, 15) is 18.3 Å². The van der Waals surface area contributed by atoms with Crippen molar-refractivity contribution in [1.82, 2.24) is 9.71 Å². The molecular formula is C12H18N2O4S. The van der Waals surface area contributed by atoms with Gasteiger partial charge in [0.15, 0.2) is 0 Å². The number of aromatic nitrogens is 1. The van der Waals surface area contributed by atoms with E-state index in [0.29, 0.717) is 19.3 Å². The summed E-state index contributed by atoms with van der Waals surface area (Å²) < 4.78 is 26.9. The Hall–Kier alpha value is -1.34. The summed E-state index contributed by atoms with van der Waals surface area (Å²) in [4.78, 5) is 14.3. The molecule has 106 valence electrons. The lowest BCUT2D eigenvalue weighted by Crippen LogP contribution is -2.59. The zero-order valence-corrected chi connectivity index (χ0v) is 11.5. The average Bonchev–Trinajstić information content (AvgIpc) is 2.86. The summed E-state index contributed by atoms with van der Waals surface area (Å²) in [6, 6.07) is 1.41. The van der Waals surface area contributed by atoms with Crippen LogP contribution in [0.4, 0.5) is 0 Å². The Morgan fingerprint density at radius 3 is 2.79 bits per heavy atom. The van der Waals surface area contributed by atoms with Crippen LogP contribution >= 0.6 is 0 Å². The Morgan fingerprint density at radius 2 is 2.26 bits per heavy atom. The van der Waals surface area contributed by atoms with Crippen LogP contribution < -0.4 is 4.72 Å². The van der Waals surface area contributed by atoms with Crippen molar-refractivity contribution in [3.63, 3.8) is 0 Å². The Kier molecular flexibility index (Phi) is 3.69. The quantitative estimate of drug-likeness (QED) is 0.777. The molecule has 7 heteroatoms. The second-order valence-corrected chi connectivity index (χ2v) is 6.76. The van der Waals surface area contributed by atoms with E-state index in [1.54, 1.807) is 6.92 Å². The molecule has 3 N–H and O–H groups in total. The van der Waals surface area contributed by atoms with Crippen LogP contribution in [-0.4, -0.2) is 30.0 Å². The Labute approximate surface area is 112 Å². The molecule has 6 nitrogen and oxygen atoms in total. The van der Waals surface area contributed by atoms with Crippen LogP contribution in [0.15, 0.2) is 23.4 Å². The number of carbonyl (C=O) groups is 1.